The summed E-state index contributed by atoms with van der Waals surface area (Å²) in [5, 5.41) is 18.4. The molecule has 5 heteroatoms. The zero-order chi connectivity index (χ0) is 13.3. The van der Waals surface area contributed by atoms with Gasteiger partial charge in [0.2, 0.25) is 5.91 Å². The Kier molecular flexibility index (Phi) is 3.34. The van der Waals surface area contributed by atoms with E-state index < -0.39 is 18.0 Å². The van der Waals surface area contributed by atoms with E-state index in [4.69, 9.17) is 5.11 Å². The molecule has 0 spiro atoms. The molecule has 0 saturated carbocycles. The largest absolute Gasteiger partial charge is 0.481 e. The second kappa shape index (κ2) is 4.78. The molecule has 2 N–H and O–H groups in total. The van der Waals surface area contributed by atoms with Crippen molar-refractivity contribution >= 4 is 17.6 Å². The minimum absolute atomic E-state index is 0.0360. The number of aliphatic carboxylic acids is 1. The van der Waals surface area contributed by atoms with Crippen LogP contribution in [0, 0.1) is 5.92 Å². The molecule has 5 nitrogen and oxygen atoms in total. The molecular weight excluding hydrogens is 234 g/mol. The van der Waals surface area contributed by atoms with Gasteiger partial charge >= 0.3 is 5.97 Å². The van der Waals surface area contributed by atoms with Crippen molar-refractivity contribution < 1.29 is 19.8 Å². The van der Waals surface area contributed by atoms with Crippen molar-refractivity contribution in [1.82, 2.24) is 0 Å². The zero-order valence-electron chi connectivity index (χ0n) is 10.0. The molecule has 1 saturated heterocycles. The van der Waals surface area contributed by atoms with Crippen LogP contribution in [0.3, 0.4) is 0 Å². The zero-order valence-corrected chi connectivity index (χ0v) is 10.0. The Morgan fingerprint density at radius 3 is 2.78 bits per heavy atom. The van der Waals surface area contributed by atoms with Gasteiger partial charge in [0.05, 0.1) is 12.0 Å². The van der Waals surface area contributed by atoms with E-state index >= 15 is 0 Å². The highest BCUT2D eigenvalue weighted by Gasteiger charge is 2.35. The number of carbonyl (C=O) groups is 2. The third-order valence-corrected chi connectivity index (χ3v) is 3.14. The molecule has 0 bridgehead atoms. The molecule has 1 aromatic rings. The van der Waals surface area contributed by atoms with Gasteiger partial charge in [0.15, 0.2) is 0 Å². The first-order chi connectivity index (χ1) is 8.49. The number of amides is 1. The van der Waals surface area contributed by atoms with Crippen LogP contribution in [-0.2, 0) is 9.59 Å². The molecular formula is C13H15NO4. The first-order valence-electron chi connectivity index (χ1n) is 5.80. The summed E-state index contributed by atoms with van der Waals surface area (Å²) in [6.07, 6.45) is -0.577. The number of carbonyl (C=O) groups excluding carboxylic acids is 1. The van der Waals surface area contributed by atoms with Crippen LogP contribution < -0.4 is 4.90 Å². The number of hydrogen-bond acceptors (Lipinski definition) is 3. The van der Waals surface area contributed by atoms with Crippen LogP contribution in [0.2, 0.25) is 0 Å². The summed E-state index contributed by atoms with van der Waals surface area (Å²) in [6, 6.07) is 6.98. The molecule has 0 aliphatic carbocycles. The number of anilines is 1. The Morgan fingerprint density at radius 2 is 2.22 bits per heavy atom. The lowest BCUT2D eigenvalue weighted by molar-refractivity contribution is -0.141. The maximum atomic E-state index is 11.8. The summed E-state index contributed by atoms with van der Waals surface area (Å²) in [5.74, 6) is -1.78. The van der Waals surface area contributed by atoms with E-state index in [9.17, 15) is 14.7 Å². The van der Waals surface area contributed by atoms with Gasteiger partial charge in [-0.1, -0.05) is 12.1 Å². The van der Waals surface area contributed by atoms with Crippen molar-refractivity contribution in [2.45, 2.75) is 19.4 Å². The third-order valence-electron chi connectivity index (χ3n) is 3.14. The second-order valence-electron chi connectivity index (χ2n) is 4.51. The van der Waals surface area contributed by atoms with Crippen molar-refractivity contribution in [1.29, 1.82) is 0 Å². The molecule has 2 rings (SSSR count). The topological polar surface area (TPSA) is 77.8 Å². The van der Waals surface area contributed by atoms with E-state index in [0.717, 1.165) is 0 Å². The summed E-state index contributed by atoms with van der Waals surface area (Å²) in [5.41, 5.74) is 1.35. The average Bonchev–Trinajstić information content (AvgIpc) is 2.72. The number of carboxylic acids is 1. The van der Waals surface area contributed by atoms with E-state index in [0.29, 0.717) is 11.3 Å². The molecule has 18 heavy (non-hydrogen) atoms. The van der Waals surface area contributed by atoms with E-state index in [1.54, 1.807) is 31.2 Å². The second-order valence-corrected chi connectivity index (χ2v) is 4.51. The predicted octanol–water partition coefficient (Wildman–Crippen LogP) is 1.18. The summed E-state index contributed by atoms with van der Waals surface area (Å²) < 4.78 is 0. The smallest absolute Gasteiger partial charge is 0.308 e. The monoisotopic (exact) mass is 249 g/mol. The molecule has 1 aliphatic heterocycles. The van der Waals surface area contributed by atoms with Crippen LogP contribution in [0.25, 0.3) is 0 Å². The first kappa shape index (κ1) is 12.6. The molecule has 1 aliphatic rings. The third kappa shape index (κ3) is 2.36. The van der Waals surface area contributed by atoms with E-state index in [1.165, 1.54) is 4.90 Å². The summed E-state index contributed by atoms with van der Waals surface area (Å²) in [6.45, 7) is 1.84. The number of hydrogen-bond donors (Lipinski definition) is 2. The number of aliphatic hydroxyl groups excluding tert-OH is 1. The van der Waals surface area contributed by atoms with E-state index in [2.05, 4.69) is 0 Å². The lowest BCUT2D eigenvalue weighted by Crippen LogP contribution is -2.25. The van der Waals surface area contributed by atoms with Crippen molar-refractivity contribution in [2.75, 3.05) is 11.4 Å². The number of rotatable bonds is 3. The minimum atomic E-state index is -0.947. The normalized spacial score (nSPS) is 21.1. The molecule has 0 aromatic heterocycles. The fourth-order valence-corrected chi connectivity index (χ4v) is 2.08. The number of nitrogens with zero attached hydrogens (tertiary/aromatic N) is 1. The van der Waals surface area contributed by atoms with Crippen LogP contribution in [0.1, 0.15) is 25.0 Å². The maximum Gasteiger partial charge on any atom is 0.308 e. The van der Waals surface area contributed by atoms with Gasteiger partial charge in [-0.05, 0) is 24.6 Å². The van der Waals surface area contributed by atoms with Crippen LogP contribution in [0.4, 0.5) is 5.69 Å². The standard InChI is InChI=1S/C13H15NO4/c1-8(15)9-3-2-4-11(5-9)14-7-10(13(17)18)6-12(14)16/h2-5,8,10,15H,6-7H2,1H3,(H,17,18). The maximum absolute atomic E-state index is 11.8. The predicted molar refractivity (Wildman–Crippen MR) is 65.2 cm³/mol. The fraction of sp³-hybridized carbons (Fsp3) is 0.385. The quantitative estimate of drug-likeness (QED) is 0.843. The number of carboxylic acid groups (broad SMARTS) is 1. The first-order valence-corrected chi connectivity index (χ1v) is 5.80. The molecule has 1 amide bonds. The highest BCUT2D eigenvalue weighted by Crippen LogP contribution is 2.27. The molecule has 1 aromatic carbocycles. The van der Waals surface area contributed by atoms with E-state index in [-0.39, 0.29) is 18.9 Å². The lowest BCUT2D eigenvalue weighted by Gasteiger charge is -2.17. The Bertz CT molecular complexity index is 484. The molecule has 1 fully saturated rings. The Balaban J connectivity index is 2.24. The highest BCUT2D eigenvalue weighted by molar-refractivity contribution is 5.99. The van der Waals surface area contributed by atoms with Gasteiger partial charge in [0.25, 0.3) is 0 Å². The Morgan fingerprint density at radius 1 is 1.50 bits per heavy atom. The van der Waals surface area contributed by atoms with Gasteiger partial charge in [-0.15, -0.1) is 0 Å². The van der Waals surface area contributed by atoms with Gasteiger partial charge in [0.1, 0.15) is 0 Å². The van der Waals surface area contributed by atoms with Crippen LogP contribution in [0.15, 0.2) is 24.3 Å². The van der Waals surface area contributed by atoms with Crippen LogP contribution in [0.5, 0.6) is 0 Å². The lowest BCUT2D eigenvalue weighted by atomic mass is 10.1. The summed E-state index contributed by atoms with van der Waals surface area (Å²) in [7, 11) is 0. The van der Waals surface area contributed by atoms with Crippen LogP contribution >= 0.6 is 0 Å². The molecule has 2 atom stereocenters. The van der Waals surface area contributed by atoms with Gasteiger partial charge in [0, 0.05) is 18.7 Å². The molecule has 2 unspecified atom stereocenters. The molecule has 0 radical (unpaired) electrons. The average molecular weight is 249 g/mol. The van der Waals surface area contributed by atoms with Crippen LogP contribution in [-0.4, -0.2) is 28.6 Å². The van der Waals surface area contributed by atoms with Crippen molar-refractivity contribution in [3.05, 3.63) is 29.8 Å². The molecule has 1 heterocycles. The van der Waals surface area contributed by atoms with Crippen molar-refractivity contribution in [3.63, 3.8) is 0 Å². The summed E-state index contributed by atoms with van der Waals surface area (Å²) in [4.78, 5) is 24.1. The molecule has 96 valence electrons. The van der Waals surface area contributed by atoms with Gasteiger partial charge in [-0.25, -0.2) is 0 Å². The van der Waals surface area contributed by atoms with Crippen molar-refractivity contribution in [2.24, 2.45) is 5.92 Å². The van der Waals surface area contributed by atoms with Gasteiger partial charge in [-0.2, -0.15) is 0 Å². The summed E-state index contributed by atoms with van der Waals surface area (Å²) >= 11 is 0. The number of aliphatic hydroxyl groups is 1. The van der Waals surface area contributed by atoms with Gasteiger partial charge in [-0.3, -0.25) is 9.59 Å². The number of benzene rings is 1. The highest BCUT2D eigenvalue weighted by atomic mass is 16.4. The Labute approximate surface area is 105 Å². The van der Waals surface area contributed by atoms with E-state index in [1.807, 2.05) is 0 Å². The van der Waals surface area contributed by atoms with Gasteiger partial charge < -0.3 is 15.1 Å². The minimum Gasteiger partial charge on any atom is -0.481 e. The SMILES string of the molecule is CC(O)c1cccc(N2CC(C(=O)O)CC2=O)c1. The Hall–Kier alpha value is -1.88. The van der Waals surface area contributed by atoms with Crippen molar-refractivity contribution in [3.8, 4) is 0 Å². The fourth-order valence-electron chi connectivity index (χ4n) is 2.08.